The molecule has 0 saturated carbocycles. The molecule has 1 aliphatic heterocycles. The van der Waals surface area contributed by atoms with Crippen molar-refractivity contribution >= 4 is 12.6 Å². The molecule has 1 saturated heterocycles. The summed E-state index contributed by atoms with van der Waals surface area (Å²) in [5, 5.41) is 2.77. The van der Waals surface area contributed by atoms with Crippen molar-refractivity contribution in [1.82, 2.24) is 5.32 Å². The van der Waals surface area contributed by atoms with Crippen LogP contribution in [-0.2, 0) is 35.0 Å². The molecule has 5 heteroatoms. The summed E-state index contributed by atoms with van der Waals surface area (Å²) in [7, 11) is 0. The molecule has 0 aromatic carbocycles. The van der Waals surface area contributed by atoms with E-state index in [4.69, 9.17) is 0 Å². The fourth-order valence-corrected chi connectivity index (χ4v) is 1.31. The molecular formula is C6H9F2NNbS. The van der Waals surface area contributed by atoms with Crippen molar-refractivity contribution in [3.05, 3.63) is 6.92 Å². The molecule has 0 aromatic heterocycles. The van der Waals surface area contributed by atoms with Gasteiger partial charge in [0.25, 0.3) is 0 Å². The minimum atomic E-state index is -2.88. The van der Waals surface area contributed by atoms with E-state index in [1.807, 2.05) is 0 Å². The van der Waals surface area contributed by atoms with Crippen molar-refractivity contribution in [2.45, 2.75) is 5.92 Å². The minimum absolute atomic E-state index is 0. The topological polar surface area (TPSA) is 12.0 Å². The van der Waals surface area contributed by atoms with E-state index in [1.165, 1.54) is 0 Å². The molecule has 1 heterocycles. The maximum absolute atomic E-state index is 12.6. The Labute approximate surface area is 86.2 Å². The van der Waals surface area contributed by atoms with E-state index in [-0.39, 0.29) is 28.1 Å². The molecule has 1 nitrogen and oxygen atoms in total. The Kier molecular flexibility index (Phi) is 4.06. The van der Waals surface area contributed by atoms with Gasteiger partial charge in [-0.25, -0.2) is 8.78 Å². The van der Waals surface area contributed by atoms with Gasteiger partial charge >= 0.3 is 22.4 Å². The summed E-state index contributed by atoms with van der Waals surface area (Å²) in [6.45, 7) is 3.39. The fraction of sp³-hybridized carbons (Fsp3) is 0.833. The van der Waals surface area contributed by atoms with Crippen molar-refractivity contribution in [2.24, 2.45) is 5.41 Å². The van der Waals surface area contributed by atoms with Crippen LogP contribution in [0.25, 0.3) is 0 Å². The second-order valence-corrected chi connectivity index (χ2v) is 3.02. The van der Waals surface area contributed by atoms with Crippen LogP contribution in [-0.4, -0.2) is 24.8 Å². The number of halogens is 2. The Bertz CT molecular complexity index is 128. The maximum atomic E-state index is 12.6. The van der Waals surface area contributed by atoms with Gasteiger partial charge in [-0.2, -0.15) is 5.75 Å². The van der Waals surface area contributed by atoms with Gasteiger partial charge in [-0.3, -0.25) is 6.92 Å². The van der Waals surface area contributed by atoms with Crippen LogP contribution in [0.1, 0.15) is 0 Å². The van der Waals surface area contributed by atoms with Gasteiger partial charge in [0.2, 0.25) is 0 Å². The Morgan fingerprint density at radius 3 is 2.00 bits per heavy atom. The summed E-state index contributed by atoms with van der Waals surface area (Å²) in [6.07, 6.45) is 0. The van der Waals surface area contributed by atoms with E-state index in [0.29, 0.717) is 13.1 Å². The smallest absolute Gasteiger partial charge is 0.792 e. The third-order valence-electron chi connectivity index (χ3n) is 1.98. The van der Waals surface area contributed by atoms with E-state index in [0.717, 1.165) is 0 Å². The number of rotatable bonds is 2. The van der Waals surface area contributed by atoms with Crippen LogP contribution in [0.4, 0.5) is 8.78 Å². The fourth-order valence-electron chi connectivity index (χ4n) is 0.893. The number of nitrogens with one attached hydrogen (secondary N) is 1. The summed E-state index contributed by atoms with van der Waals surface area (Å²) in [5.41, 5.74) is -1.04. The molecule has 0 amide bonds. The zero-order valence-corrected chi connectivity index (χ0v) is 8.95. The number of hydrogen-bond acceptors (Lipinski definition) is 2. The van der Waals surface area contributed by atoms with Crippen LogP contribution in [0.15, 0.2) is 0 Å². The first-order valence-corrected chi connectivity index (χ1v) is 3.62. The second kappa shape index (κ2) is 3.75. The Morgan fingerprint density at radius 2 is 2.00 bits per heavy atom. The predicted octanol–water partition coefficient (Wildman–Crippen LogP) is 0.590. The first kappa shape index (κ1) is 11.9. The third-order valence-corrected chi connectivity index (χ3v) is 2.53. The summed E-state index contributed by atoms with van der Waals surface area (Å²) in [6, 6.07) is 0. The van der Waals surface area contributed by atoms with Crippen LogP contribution in [0.3, 0.4) is 0 Å². The summed E-state index contributed by atoms with van der Waals surface area (Å²) < 4.78 is 25.2. The SMILES string of the molecule is [CH2-]C(F)(F)C1(C[S-])CNC1.[Nb+2]. The van der Waals surface area contributed by atoms with Crippen LogP contribution < -0.4 is 5.32 Å². The van der Waals surface area contributed by atoms with Gasteiger partial charge in [-0.1, -0.05) is 0 Å². The summed E-state index contributed by atoms with van der Waals surface area (Å²) >= 11 is 4.63. The largest absolute Gasteiger partial charge is 2.00 e. The Morgan fingerprint density at radius 1 is 1.55 bits per heavy atom. The Balaban J connectivity index is 0.000001000. The van der Waals surface area contributed by atoms with Crippen molar-refractivity contribution in [3.63, 3.8) is 0 Å². The van der Waals surface area contributed by atoms with E-state index >= 15 is 0 Å². The predicted molar refractivity (Wildman–Crippen MR) is 37.8 cm³/mol. The molecule has 1 rings (SSSR count). The van der Waals surface area contributed by atoms with Crippen molar-refractivity contribution in [3.8, 4) is 0 Å². The molecule has 1 radical (unpaired) electrons. The zero-order chi connectivity index (χ0) is 7.83. The minimum Gasteiger partial charge on any atom is -0.792 e. The van der Waals surface area contributed by atoms with Crippen LogP contribution in [0, 0.1) is 12.3 Å². The molecule has 0 atom stereocenters. The molecule has 63 valence electrons. The first-order valence-electron chi connectivity index (χ1n) is 3.04. The maximum Gasteiger partial charge on any atom is 2.00 e. The van der Waals surface area contributed by atoms with Crippen molar-refractivity contribution < 1.29 is 31.2 Å². The molecule has 0 aliphatic carbocycles. The van der Waals surface area contributed by atoms with E-state index in [1.54, 1.807) is 0 Å². The molecule has 0 aromatic rings. The number of hydrogen-bond donors (Lipinski definition) is 1. The molecule has 0 unspecified atom stereocenters. The average Bonchev–Trinajstić information content (AvgIpc) is 1.58. The van der Waals surface area contributed by atoms with Gasteiger partial charge in [-0.15, -0.1) is 0 Å². The zero-order valence-electron chi connectivity index (χ0n) is 5.94. The molecular weight excluding hydrogens is 249 g/mol. The quantitative estimate of drug-likeness (QED) is 0.442. The molecule has 11 heavy (non-hydrogen) atoms. The standard InChI is InChI=1S/C6H10F2NS.Nb/c1-5(7,8)6(4-10)2-9-3-6;/h9-10H,1-4H2;/q-1;+2/p-1. The van der Waals surface area contributed by atoms with Crippen LogP contribution in [0.5, 0.6) is 0 Å². The first-order chi connectivity index (χ1) is 4.52. The van der Waals surface area contributed by atoms with Gasteiger partial charge in [-0.05, 0) is 0 Å². The van der Waals surface area contributed by atoms with Gasteiger partial charge in [0, 0.05) is 18.5 Å². The third kappa shape index (κ3) is 1.98. The van der Waals surface area contributed by atoms with Crippen molar-refractivity contribution in [2.75, 3.05) is 18.8 Å². The van der Waals surface area contributed by atoms with Crippen LogP contribution >= 0.6 is 0 Å². The van der Waals surface area contributed by atoms with Crippen molar-refractivity contribution in [1.29, 1.82) is 0 Å². The Hall–Kier alpha value is 0.910. The average molecular weight is 258 g/mol. The van der Waals surface area contributed by atoms with E-state index in [9.17, 15) is 8.78 Å². The molecule has 1 fully saturated rings. The monoisotopic (exact) mass is 258 g/mol. The van der Waals surface area contributed by atoms with E-state index < -0.39 is 11.3 Å². The molecule has 0 bridgehead atoms. The summed E-state index contributed by atoms with van der Waals surface area (Å²) in [4.78, 5) is 0. The van der Waals surface area contributed by atoms with Gasteiger partial charge < -0.3 is 17.9 Å². The van der Waals surface area contributed by atoms with Gasteiger partial charge in [0.05, 0.1) is 0 Å². The normalized spacial score (nSPS) is 21.8. The van der Waals surface area contributed by atoms with Gasteiger partial charge in [0.15, 0.2) is 0 Å². The summed E-state index contributed by atoms with van der Waals surface area (Å²) in [5.74, 6) is -2.80. The number of alkyl halides is 2. The molecule has 0 spiro atoms. The second-order valence-electron chi connectivity index (χ2n) is 2.73. The molecule has 1 aliphatic rings. The van der Waals surface area contributed by atoms with Gasteiger partial charge in [0.1, 0.15) is 5.92 Å². The van der Waals surface area contributed by atoms with E-state index in [2.05, 4.69) is 24.9 Å². The van der Waals surface area contributed by atoms with Crippen LogP contribution in [0.2, 0.25) is 0 Å². The molecule has 1 N–H and O–H groups in total.